The van der Waals surface area contributed by atoms with E-state index in [1.807, 2.05) is 6.07 Å². The van der Waals surface area contributed by atoms with Gasteiger partial charge in [-0.2, -0.15) is 8.78 Å². The molecule has 0 N–H and O–H groups in total. The lowest BCUT2D eigenvalue weighted by Crippen LogP contribution is -2.37. The summed E-state index contributed by atoms with van der Waals surface area (Å²) < 4.78 is 90.9. The zero-order chi connectivity index (χ0) is 32.0. The van der Waals surface area contributed by atoms with Crippen molar-refractivity contribution in [3.05, 3.63) is 83.7 Å². The van der Waals surface area contributed by atoms with Crippen LogP contribution in [0.4, 0.5) is 26.3 Å². The molecule has 2 nitrogen and oxygen atoms in total. The van der Waals surface area contributed by atoms with Crippen LogP contribution in [0.2, 0.25) is 0 Å². The first-order valence-corrected chi connectivity index (χ1v) is 16.3. The van der Waals surface area contributed by atoms with Crippen LogP contribution in [0.1, 0.15) is 107 Å². The molecule has 0 aliphatic heterocycles. The second kappa shape index (κ2) is 14.5. The highest BCUT2D eigenvalue weighted by molar-refractivity contribution is 5.64. The average molecular weight is 633 g/mol. The molecule has 3 aromatic carbocycles. The fourth-order valence-electron chi connectivity index (χ4n) is 7.14. The van der Waals surface area contributed by atoms with Crippen molar-refractivity contribution in [3.8, 4) is 22.6 Å². The van der Waals surface area contributed by atoms with Crippen LogP contribution in [0, 0.1) is 17.7 Å². The molecule has 2 saturated carbocycles. The molecule has 2 aliphatic rings. The summed E-state index contributed by atoms with van der Waals surface area (Å²) in [7, 11) is 0. The van der Waals surface area contributed by atoms with Crippen LogP contribution in [0.25, 0.3) is 11.1 Å². The van der Waals surface area contributed by atoms with Gasteiger partial charge < -0.3 is 9.47 Å². The van der Waals surface area contributed by atoms with Gasteiger partial charge >= 0.3 is 12.5 Å². The third-order valence-corrected chi connectivity index (χ3v) is 9.73. The van der Waals surface area contributed by atoms with Gasteiger partial charge in [-0.3, -0.25) is 0 Å². The van der Waals surface area contributed by atoms with Gasteiger partial charge in [0.25, 0.3) is 0 Å². The molecule has 0 spiro atoms. The summed E-state index contributed by atoms with van der Waals surface area (Å²) in [5.41, 5.74) is 3.64. The number of halogens is 6. The topological polar surface area (TPSA) is 18.5 Å². The fourth-order valence-corrected chi connectivity index (χ4v) is 7.14. The number of ether oxygens (including phenoxy) is 2. The molecule has 45 heavy (non-hydrogen) atoms. The monoisotopic (exact) mass is 632 g/mol. The average Bonchev–Trinajstić information content (AvgIpc) is 3.02. The van der Waals surface area contributed by atoms with Gasteiger partial charge in [-0.1, -0.05) is 69.0 Å². The molecule has 8 heteroatoms. The fraction of sp³-hybridized carbons (Fsp3) is 0.514. The highest BCUT2D eigenvalue weighted by atomic mass is 19.4. The molecular formula is C37H42F6O2. The Kier molecular flexibility index (Phi) is 10.7. The highest BCUT2D eigenvalue weighted by Gasteiger charge is 2.44. The van der Waals surface area contributed by atoms with E-state index in [-0.39, 0.29) is 30.3 Å². The first-order chi connectivity index (χ1) is 21.5. The molecule has 0 radical (unpaired) electrons. The van der Waals surface area contributed by atoms with Crippen LogP contribution >= 0.6 is 0 Å². The summed E-state index contributed by atoms with van der Waals surface area (Å²) in [6.45, 7) is 2.25. The van der Waals surface area contributed by atoms with E-state index in [4.69, 9.17) is 4.74 Å². The summed E-state index contributed by atoms with van der Waals surface area (Å²) in [5, 5.41) is 0. The number of rotatable bonds is 11. The van der Waals surface area contributed by atoms with Crippen molar-refractivity contribution in [1.29, 1.82) is 0 Å². The first-order valence-electron chi connectivity index (χ1n) is 16.3. The first kappa shape index (κ1) is 33.2. The van der Waals surface area contributed by atoms with Crippen molar-refractivity contribution in [3.63, 3.8) is 0 Å². The molecule has 3 aromatic rings. The smallest absolute Gasteiger partial charge is 0.432 e. The van der Waals surface area contributed by atoms with Crippen LogP contribution in [0.5, 0.6) is 11.5 Å². The van der Waals surface area contributed by atoms with E-state index < -0.39 is 24.1 Å². The van der Waals surface area contributed by atoms with Crippen LogP contribution in [-0.4, -0.2) is 12.5 Å². The summed E-state index contributed by atoms with van der Waals surface area (Å²) in [6.07, 6.45) is 3.00. The third-order valence-electron chi connectivity index (χ3n) is 9.73. The molecule has 244 valence electrons. The van der Waals surface area contributed by atoms with Gasteiger partial charge in [0.05, 0.1) is 5.92 Å². The number of benzene rings is 3. The normalized spacial score (nSPS) is 22.6. The lowest BCUT2D eigenvalue weighted by Gasteiger charge is -2.33. The summed E-state index contributed by atoms with van der Waals surface area (Å²) in [5.74, 6) is -0.908. The molecule has 0 heterocycles. The van der Waals surface area contributed by atoms with Gasteiger partial charge in [0, 0.05) is 0 Å². The Morgan fingerprint density at radius 2 is 1.22 bits per heavy atom. The Labute approximate surface area is 262 Å². The standard InChI is InChI=1S/C37H42F6O2/c1-2-3-4-5-25-6-8-26(9-7-25)27-10-12-28(13-11-27)30-16-23-34(35(38)24-30)29-14-17-31(18-15-29)36(39,40)44-32-19-21-33(22-20-32)45-37(41,42)43/h10-13,16,19-26,29,31H,2-9,14-15,17-18H2,1H3. The number of hydrogen-bond acceptors (Lipinski definition) is 2. The van der Waals surface area contributed by atoms with E-state index in [0.717, 1.165) is 41.3 Å². The minimum Gasteiger partial charge on any atom is -0.432 e. The molecule has 0 aromatic heterocycles. The molecule has 0 atom stereocenters. The van der Waals surface area contributed by atoms with E-state index in [1.54, 1.807) is 12.1 Å². The predicted molar refractivity (Wildman–Crippen MR) is 164 cm³/mol. The Morgan fingerprint density at radius 1 is 0.644 bits per heavy atom. The van der Waals surface area contributed by atoms with Crippen molar-refractivity contribution in [2.24, 2.45) is 11.8 Å². The van der Waals surface area contributed by atoms with Crippen molar-refractivity contribution < 1.29 is 35.8 Å². The Balaban J connectivity index is 1.13. The minimum absolute atomic E-state index is 0.135. The van der Waals surface area contributed by atoms with Gasteiger partial charge in [0.1, 0.15) is 17.3 Å². The largest absolute Gasteiger partial charge is 0.573 e. The van der Waals surface area contributed by atoms with Gasteiger partial charge in [-0.15, -0.1) is 13.2 Å². The quantitative estimate of drug-likeness (QED) is 0.155. The van der Waals surface area contributed by atoms with E-state index in [9.17, 15) is 22.0 Å². The van der Waals surface area contributed by atoms with Crippen LogP contribution in [0.15, 0.2) is 66.7 Å². The summed E-state index contributed by atoms with van der Waals surface area (Å²) in [4.78, 5) is 0. The van der Waals surface area contributed by atoms with E-state index in [1.165, 1.54) is 56.9 Å². The van der Waals surface area contributed by atoms with Crippen molar-refractivity contribution in [2.75, 3.05) is 0 Å². The molecule has 0 unspecified atom stereocenters. The number of alkyl halides is 5. The zero-order valence-corrected chi connectivity index (χ0v) is 25.7. The van der Waals surface area contributed by atoms with E-state index in [0.29, 0.717) is 24.3 Å². The Hall–Kier alpha value is -3.16. The van der Waals surface area contributed by atoms with Gasteiger partial charge in [-0.25, -0.2) is 4.39 Å². The van der Waals surface area contributed by atoms with E-state index in [2.05, 4.69) is 35.9 Å². The number of hydrogen-bond donors (Lipinski definition) is 0. The molecular weight excluding hydrogens is 590 g/mol. The van der Waals surface area contributed by atoms with E-state index >= 15 is 4.39 Å². The van der Waals surface area contributed by atoms with Crippen molar-refractivity contribution in [2.45, 2.75) is 108 Å². The molecule has 2 aliphatic carbocycles. The maximum absolute atomic E-state index is 15.3. The van der Waals surface area contributed by atoms with Gasteiger partial charge in [-0.05, 0) is 122 Å². The maximum atomic E-state index is 15.3. The lowest BCUT2D eigenvalue weighted by atomic mass is 9.77. The Morgan fingerprint density at radius 3 is 1.80 bits per heavy atom. The molecule has 0 saturated heterocycles. The second-order valence-electron chi connectivity index (χ2n) is 12.8. The molecule has 0 bridgehead atoms. The highest BCUT2D eigenvalue weighted by Crippen LogP contribution is 2.44. The SMILES string of the molecule is CCCCCC1CCC(c2ccc(-c3ccc(C4CCC(C(F)(F)Oc5ccc(OC(F)(F)F)cc5)CC4)c(F)c3)cc2)CC1. The zero-order valence-electron chi connectivity index (χ0n) is 25.7. The van der Waals surface area contributed by atoms with Crippen molar-refractivity contribution in [1.82, 2.24) is 0 Å². The maximum Gasteiger partial charge on any atom is 0.573 e. The Bertz CT molecular complexity index is 1350. The predicted octanol–water partition coefficient (Wildman–Crippen LogP) is 12.2. The molecule has 0 amide bonds. The third kappa shape index (κ3) is 8.98. The van der Waals surface area contributed by atoms with Crippen LogP contribution in [-0.2, 0) is 0 Å². The molecule has 2 fully saturated rings. The van der Waals surface area contributed by atoms with Crippen molar-refractivity contribution >= 4 is 0 Å². The summed E-state index contributed by atoms with van der Waals surface area (Å²) >= 11 is 0. The van der Waals surface area contributed by atoms with Crippen LogP contribution < -0.4 is 9.47 Å². The second-order valence-corrected chi connectivity index (χ2v) is 12.8. The van der Waals surface area contributed by atoms with Gasteiger partial charge in [0.2, 0.25) is 0 Å². The summed E-state index contributed by atoms with van der Waals surface area (Å²) in [6, 6.07) is 17.6. The lowest BCUT2D eigenvalue weighted by molar-refractivity contribution is -0.274. The molecule has 5 rings (SSSR count). The minimum atomic E-state index is -4.87. The van der Waals surface area contributed by atoms with Gasteiger partial charge in [0.15, 0.2) is 0 Å². The van der Waals surface area contributed by atoms with Crippen LogP contribution in [0.3, 0.4) is 0 Å². The number of unbranched alkanes of at least 4 members (excludes halogenated alkanes) is 2.